The van der Waals surface area contributed by atoms with Gasteiger partial charge < -0.3 is 4.74 Å². The summed E-state index contributed by atoms with van der Waals surface area (Å²) in [6.45, 7) is 0.898. The maximum atomic E-state index is 12.1. The molecule has 0 bridgehead atoms. The standard InChI is InChI=1S/C16H11Cl2NO5/c1-9-11(3-2-4-14(9)19(22)23)16(21)24-8-15(20)12-6-5-10(17)7-13(12)18/h2-7H,8H2,1H3. The number of hydrogen-bond donors (Lipinski definition) is 0. The molecule has 2 aromatic rings. The Labute approximate surface area is 147 Å². The zero-order valence-electron chi connectivity index (χ0n) is 12.4. The maximum absolute atomic E-state index is 12.1. The highest BCUT2D eigenvalue weighted by Gasteiger charge is 2.20. The molecule has 0 heterocycles. The largest absolute Gasteiger partial charge is 0.454 e. The van der Waals surface area contributed by atoms with Crippen LogP contribution < -0.4 is 0 Å². The Hall–Kier alpha value is -2.44. The topological polar surface area (TPSA) is 86.5 Å². The third kappa shape index (κ3) is 3.90. The molecule has 0 aliphatic heterocycles. The number of carbonyl (C=O) groups excluding carboxylic acids is 2. The second-order valence-corrected chi connectivity index (χ2v) is 5.67. The molecule has 0 fully saturated rings. The number of halogens is 2. The highest BCUT2D eigenvalue weighted by molar-refractivity contribution is 6.36. The van der Waals surface area contributed by atoms with Crippen molar-refractivity contribution in [2.45, 2.75) is 6.92 Å². The second kappa shape index (κ2) is 7.42. The van der Waals surface area contributed by atoms with Gasteiger partial charge in [0.15, 0.2) is 6.61 Å². The average Bonchev–Trinajstić information content (AvgIpc) is 2.52. The van der Waals surface area contributed by atoms with E-state index in [1.165, 1.54) is 43.3 Å². The van der Waals surface area contributed by atoms with Gasteiger partial charge in [-0.2, -0.15) is 0 Å². The van der Waals surface area contributed by atoms with E-state index in [4.69, 9.17) is 27.9 Å². The van der Waals surface area contributed by atoms with Crippen LogP contribution in [0.5, 0.6) is 0 Å². The van der Waals surface area contributed by atoms with Crippen molar-refractivity contribution >= 4 is 40.6 Å². The molecule has 6 nitrogen and oxygen atoms in total. The van der Waals surface area contributed by atoms with E-state index in [2.05, 4.69) is 0 Å². The van der Waals surface area contributed by atoms with E-state index in [9.17, 15) is 19.7 Å². The highest BCUT2D eigenvalue weighted by Crippen LogP contribution is 2.23. The zero-order chi connectivity index (χ0) is 17.9. The van der Waals surface area contributed by atoms with Crippen molar-refractivity contribution in [3.8, 4) is 0 Å². The summed E-state index contributed by atoms with van der Waals surface area (Å²) in [6, 6.07) is 8.38. The second-order valence-electron chi connectivity index (χ2n) is 4.83. The minimum absolute atomic E-state index is 0.0270. The lowest BCUT2D eigenvalue weighted by Crippen LogP contribution is -2.15. The fourth-order valence-corrected chi connectivity index (χ4v) is 2.56. The van der Waals surface area contributed by atoms with Crippen molar-refractivity contribution in [1.29, 1.82) is 0 Å². The van der Waals surface area contributed by atoms with Crippen LogP contribution in [-0.4, -0.2) is 23.3 Å². The Balaban J connectivity index is 2.12. The van der Waals surface area contributed by atoms with Gasteiger partial charge in [0, 0.05) is 22.2 Å². The van der Waals surface area contributed by atoms with Crippen LogP contribution in [0.15, 0.2) is 36.4 Å². The molecule has 8 heteroatoms. The van der Waals surface area contributed by atoms with Gasteiger partial charge in [0.1, 0.15) is 0 Å². The number of nitrogens with zero attached hydrogens (tertiary/aromatic N) is 1. The molecule has 24 heavy (non-hydrogen) atoms. The van der Waals surface area contributed by atoms with E-state index in [0.29, 0.717) is 5.02 Å². The molecule has 0 aromatic heterocycles. The molecule has 0 radical (unpaired) electrons. The van der Waals surface area contributed by atoms with Gasteiger partial charge in [0.2, 0.25) is 5.78 Å². The molecule has 0 saturated carbocycles. The first-order valence-corrected chi connectivity index (χ1v) is 7.46. The van der Waals surface area contributed by atoms with Gasteiger partial charge in [-0.25, -0.2) is 4.79 Å². The first-order valence-electron chi connectivity index (χ1n) is 6.70. The SMILES string of the molecule is Cc1c(C(=O)OCC(=O)c2ccc(Cl)cc2Cl)cccc1[N+](=O)[O-]. The lowest BCUT2D eigenvalue weighted by molar-refractivity contribution is -0.385. The number of carbonyl (C=O) groups is 2. The van der Waals surface area contributed by atoms with Gasteiger partial charge in [0.25, 0.3) is 5.69 Å². The Morgan fingerprint density at radius 1 is 1.17 bits per heavy atom. The highest BCUT2D eigenvalue weighted by atomic mass is 35.5. The van der Waals surface area contributed by atoms with Crippen molar-refractivity contribution in [3.63, 3.8) is 0 Å². The smallest absolute Gasteiger partial charge is 0.339 e. The monoisotopic (exact) mass is 367 g/mol. The summed E-state index contributed by atoms with van der Waals surface area (Å²) in [7, 11) is 0. The minimum Gasteiger partial charge on any atom is -0.454 e. The normalized spacial score (nSPS) is 10.3. The first-order chi connectivity index (χ1) is 11.3. The molecule has 124 valence electrons. The number of nitro benzene ring substituents is 1. The first kappa shape index (κ1) is 17.9. The summed E-state index contributed by atoms with van der Waals surface area (Å²) in [6.07, 6.45) is 0. The minimum atomic E-state index is -0.824. The lowest BCUT2D eigenvalue weighted by atomic mass is 10.1. The van der Waals surface area contributed by atoms with Crippen LogP contribution in [0, 0.1) is 17.0 Å². The van der Waals surface area contributed by atoms with Gasteiger partial charge in [-0.3, -0.25) is 14.9 Å². The molecule has 2 rings (SSSR count). The molecular weight excluding hydrogens is 357 g/mol. The predicted molar refractivity (Wildman–Crippen MR) is 88.9 cm³/mol. The summed E-state index contributed by atoms with van der Waals surface area (Å²) >= 11 is 11.7. The van der Waals surface area contributed by atoms with Crippen LogP contribution in [0.1, 0.15) is 26.3 Å². The van der Waals surface area contributed by atoms with Gasteiger partial charge in [-0.05, 0) is 31.2 Å². The van der Waals surface area contributed by atoms with Crippen molar-refractivity contribution < 1.29 is 19.2 Å². The number of rotatable bonds is 5. The van der Waals surface area contributed by atoms with Crippen LogP contribution in [-0.2, 0) is 4.74 Å². The van der Waals surface area contributed by atoms with Crippen molar-refractivity contribution in [1.82, 2.24) is 0 Å². The lowest BCUT2D eigenvalue weighted by Gasteiger charge is -2.08. The predicted octanol–water partition coefficient (Wildman–Crippen LogP) is 4.25. The molecule has 2 aromatic carbocycles. The number of benzene rings is 2. The Morgan fingerprint density at radius 2 is 1.88 bits per heavy atom. The van der Waals surface area contributed by atoms with Crippen LogP contribution in [0.2, 0.25) is 10.0 Å². The number of nitro groups is 1. The van der Waals surface area contributed by atoms with E-state index in [1.54, 1.807) is 0 Å². The van der Waals surface area contributed by atoms with Crippen LogP contribution in [0.25, 0.3) is 0 Å². The van der Waals surface area contributed by atoms with Crippen molar-refractivity contribution in [3.05, 3.63) is 73.2 Å². The Morgan fingerprint density at radius 3 is 2.50 bits per heavy atom. The maximum Gasteiger partial charge on any atom is 0.339 e. The Kier molecular flexibility index (Phi) is 5.54. The summed E-state index contributed by atoms with van der Waals surface area (Å²) in [5, 5.41) is 11.4. The molecular formula is C16H11Cl2NO5. The average molecular weight is 368 g/mol. The van der Waals surface area contributed by atoms with Gasteiger partial charge >= 0.3 is 5.97 Å². The van der Waals surface area contributed by atoms with Crippen LogP contribution >= 0.6 is 23.2 Å². The summed E-state index contributed by atoms with van der Waals surface area (Å²) in [5.74, 6) is -1.33. The number of ether oxygens (including phenoxy) is 1. The summed E-state index contributed by atoms with van der Waals surface area (Å²) in [5.41, 5.74) is 0.171. The van der Waals surface area contributed by atoms with Gasteiger partial charge in [-0.15, -0.1) is 0 Å². The molecule has 0 spiro atoms. The molecule has 0 unspecified atom stereocenters. The molecule has 0 amide bonds. The number of esters is 1. The number of Topliss-reactive ketones (excluding diaryl/α,β-unsaturated/α-hetero) is 1. The summed E-state index contributed by atoms with van der Waals surface area (Å²) in [4.78, 5) is 34.4. The molecule has 0 N–H and O–H groups in total. The molecule has 0 aliphatic rings. The van der Waals surface area contributed by atoms with E-state index in [0.717, 1.165) is 0 Å². The number of ketones is 1. The van der Waals surface area contributed by atoms with E-state index < -0.39 is 23.3 Å². The fraction of sp³-hybridized carbons (Fsp3) is 0.125. The molecule has 0 saturated heterocycles. The third-order valence-corrected chi connectivity index (χ3v) is 3.84. The van der Waals surface area contributed by atoms with Crippen molar-refractivity contribution in [2.75, 3.05) is 6.61 Å². The van der Waals surface area contributed by atoms with E-state index in [-0.39, 0.29) is 27.4 Å². The number of hydrogen-bond acceptors (Lipinski definition) is 5. The van der Waals surface area contributed by atoms with E-state index >= 15 is 0 Å². The quantitative estimate of drug-likeness (QED) is 0.341. The molecule has 0 atom stereocenters. The third-order valence-electron chi connectivity index (χ3n) is 3.29. The molecule has 0 aliphatic carbocycles. The van der Waals surface area contributed by atoms with Crippen LogP contribution in [0.3, 0.4) is 0 Å². The van der Waals surface area contributed by atoms with E-state index in [1.807, 2.05) is 0 Å². The van der Waals surface area contributed by atoms with Gasteiger partial charge in [0.05, 0.1) is 15.5 Å². The van der Waals surface area contributed by atoms with Crippen LogP contribution in [0.4, 0.5) is 5.69 Å². The Bertz CT molecular complexity index is 835. The fourth-order valence-electron chi connectivity index (χ4n) is 2.04. The van der Waals surface area contributed by atoms with Gasteiger partial charge in [-0.1, -0.05) is 29.3 Å². The van der Waals surface area contributed by atoms with Crippen molar-refractivity contribution in [2.24, 2.45) is 0 Å². The zero-order valence-corrected chi connectivity index (χ0v) is 13.9. The summed E-state index contributed by atoms with van der Waals surface area (Å²) < 4.78 is 4.94.